The van der Waals surface area contributed by atoms with Gasteiger partial charge in [-0.15, -0.1) is 0 Å². The highest BCUT2D eigenvalue weighted by molar-refractivity contribution is 7.90. The molecule has 1 aliphatic carbocycles. The number of amides is 1. The minimum atomic E-state index is -3.00. The molecule has 5 nitrogen and oxygen atoms in total. The molecule has 2 aliphatic rings. The minimum absolute atomic E-state index is 0.0521. The van der Waals surface area contributed by atoms with Gasteiger partial charge in [-0.3, -0.25) is 4.79 Å². The van der Waals surface area contributed by atoms with Crippen LogP contribution >= 0.6 is 0 Å². The highest BCUT2D eigenvalue weighted by atomic mass is 32.2. The Morgan fingerprint density at radius 2 is 2.00 bits per heavy atom. The molecule has 0 aromatic rings. The lowest BCUT2D eigenvalue weighted by molar-refractivity contribution is -0.132. The molecule has 1 unspecified atom stereocenters. The molecule has 1 saturated heterocycles. The summed E-state index contributed by atoms with van der Waals surface area (Å²) in [5, 5.41) is 3.31. The molecule has 1 aliphatic heterocycles. The van der Waals surface area contributed by atoms with Crippen molar-refractivity contribution in [3.05, 3.63) is 0 Å². The number of hydrogen-bond donors (Lipinski definition) is 1. The lowest BCUT2D eigenvalue weighted by atomic mass is 9.91. The molecule has 18 heavy (non-hydrogen) atoms. The van der Waals surface area contributed by atoms with Crippen LogP contribution in [0.2, 0.25) is 0 Å². The summed E-state index contributed by atoms with van der Waals surface area (Å²) in [5.41, 5.74) is 0.224. The molecular weight excluding hydrogens is 252 g/mol. The maximum atomic E-state index is 12.2. The Bertz CT molecular complexity index is 427. The second-order valence-corrected chi connectivity index (χ2v) is 8.02. The van der Waals surface area contributed by atoms with Gasteiger partial charge in [0.25, 0.3) is 0 Å². The molecule has 2 fully saturated rings. The second kappa shape index (κ2) is 4.81. The summed E-state index contributed by atoms with van der Waals surface area (Å²) < 4.78 is 22.2. The van der Waals surface area contributed by atoms with Crippen LogP contribution in [0.15, 0.2) is 0 Å². The molecule has 0 bridgehead atoms. The zero-order valence-electron chi connectivity index (χ0n) is 11.1. The van der Waals surface area contributed by atoms with E-state index in [0.717, 1.165) is 32.4 Å². The van der Waals surface area contributed by atoms with Crippen molar-refractivity contribution >= 4 is 15.7 Å². The van der Waals surface area contributed by atoms with Crippen molar-refractivity contribution in [3.63, 3.8) is 0 Å². The van der Waals surface area contributed by atoms with E-state index in [-0.39, 0.29) is 23.0 Å². The molecule has 2 rings (SSSR count). The highest BCUT2D eigenvalue weighted by Crippen LogP contribution is 2.59. The third-order valence-corrected chi connectivity index (χ3v) is 5.19. The smallest absolute Gasteiger partial charge is 0.226 e. The Morgan fingerprint density at radius 1 is 1.39 bits per heavy atom. The van der Waals surface area contributed by atoms with Crippen molar-refractivity contribution in [2.24, 2.45) is 11.3 Å². The summed E-state index contributed by atoms with van der Waals surface area (Å²) >= 11 is 0. The molecule has 1 heterocycles. The molecule has 1 amide bonds. The number of sulfone groups is 1. The van der Waals surface area contributed by atoms with E-state index < -0.39 is 9.84 Å². The molecule has 1 saturated carbocycles. The van der Waals surface area contributed by atoms with Gasteiger partial charge in [0.2, 0.25) is 5.91 Å². The van der Waals surface area contributed by atoms with Crippen LogP contribution in [0.1, 0.15) is 19.3 Å². The number of nitrogens with one attached hydrogen (secondary N) is 1. The Kier molecular flexibility index (Phi) is 3.69. The lowest BCUT2D eigenvalue weighted by Crippen LogP contribution is -2.36. The van der Waals surface area contributed by atoms with Crippen LogP contribution in [0.5, 0.6) is 0 Å². The Morgan fingerprint density at radius 3 is 2.56 bits per heavy atom. The lowest BCUT2D eigenvalue weighted by Gasteiger charge is -2.25. The van der Waals surface area contributed by atoms with E-state index in [1.165, 1.54) is 6.26 Å². The van der Waals surface area contributed by atoms with Gasteiger partial charge in [0, 0.05) is 25.8 Å². The Hall–Kier alpha value is -0.620. The fourth-order valence-electron chi connectivity index (χ4n) is 2.85. The first-order chi connectivity index (χ1) is 8.34. The molecule has 0 radical (unpaired) electrons. The topological polar surface area (TPSA) is 66.5 Å². The first-order valence-corrected chi connectivity index (χ1v) is 8.54. The first kappa shape index (κ1) is 13.8. The van der Waals surface area contributed by atoms with E-state index in [0.29, 0.717) is 6.54 Å². The summed E-state index contributed by atoms with van der Waals surface area (Å²) in [5.74, 6) is 0.306. The SMILES string of the molecule is CN(CCS(C)(=O)=O)C(=O)C1CC12CCNCC2. The average molecular weight is 274 g/mol. The summed E-state index contributed by atoms with van der Waals surface area (Å²) in [4.78, 5) is 13.8. The fourth-order valence-corrected chi connectivity index (χ4v) is 3.46. The van der Waals surface area contributed by atoms with Gasteiger partial charge in [-0.1, -0.05) is 0 Å². The summed E-state index contributed by atoms with van der Waals surface area (Å²) in [6.07, 6.45) is 4.33. The molecule has 0 aromatic heterocycles. The molecule has 0 aromatic carbocycles. The monoisotopic (exact) mass is 274 g/mol. The van der Waals surface area contributed by atoms with Crippen LogP contribution in [-0.4, -0.2) is 57.9 Å². The zero-order chi connectivity index (χ0) is 13.4. The number of carbonyl (C=O) groups is 1. The van der Waals surface area contributed by atoms with Crippen molar-refractivity contribution in [2.45, 2.75) is 19.3 Å². The van der Waals surface area contributed by atoms with Gasteiger partial charge in [-0.2, -0.15) is 0 Å². The average Bonchev–Trinajstić information content (AvgIpc) is 2.99. The molecule has 1 N–H and O–H groups in total. The largest absolute Gasteiger partial charge is 0.344 e. The number of nitrogens with zero attached hydrogens (tertiary/aromatic N) is 1. The predicted octanol–water partition coefficient (Wildman–Crippen LogP) is -0.121. The van der Waals surface area contributed by atoms with Crippen molar-refractivity contribution in [2.75, 3.05) is 38.7 Å². The predicted molar refractivity (Wildman–Crippen MR) is 70.0 cm³/mol. The number of piperidine rings is 1. The third kappa shape index (κ3) is 3.03. The maximum absolute atomic E-state index is 12.2. The maximum Gasteiger partial charge on any atom is 0.226 e. The second-order valence-electron chi connectivity index (χ2n) is 5.76. The van der Waals surface area contributed by atoms with E-state index >= 15 is 0 Å². The first-order valence-electron chi connectivity index (χ1n) is 6.47. The fraction of sp³-hybridized carbons (Fsp3) is 0.917. The van der Waals surface area contributed by atoms with Crippen LogP contribution in [0.4, 0.5) is 0 Å². The standard InChI is InChI=1S/C12H22N2O3S/c1-14(7-8-18(2,16)17)11(15)10-9-12(10)3-5-13-6-4-12/h10,13H,3-9H2,1-2H3. The van der Waals surface area contributed by atoms with Gasteiger partial charge in [-0.25, -0.2) is 8.42 Å². The van der Waals surface area contributed by atoms with Crippen molar-refractivity contribution in [3.8, 4) is 0 Å². The van der Waals surface area contributed by atoms with Gasteiger partial charge in [0.05, 0.1) is 5.75 Å². The van der Waals surface area contributed by atoms with Gasteiger partial charge in [-0.05, 0) is 37.8 Å². The van der Waals surface area contributed by atoms with Crippen LogP contribution in [0.3, 0.4) is 0 Å². The zero-order valence-corrected chi connectivity index (χ0v) is 11.9. The minimum Gasteiger partial charge on any atom is -0.344 e. The molecular formula is C12H22N2O3S. The van der Waals surface area contributed by atoms with Crippen molar-refractivity contribution in [1.82, 2.24) is 10.2 Å². The van der Waals surface area contributed by atoms with Crippen LogP contribution in [0, 0.1) is 11.3 Å². The van der Waals surface area contributed by atoms with Gasteiger partial charge in [0.15, 0.2) is 0 Å². The summed E-state index contributed by atoms with van der Waals surface area (Å²) in [6, 6.07) is 0. The third-order valence-electron chi connectivity index (χ3n) is 4.26. The van der Waals surface area contributed by atoms with Crippen molar-refractivity contribution < 1.29 is 13.2 Å². The molecule has 6 heteroatoms. The van der Waals surface area contributed by atoms with Gasteiger partial charge < -0.3 is 10.2 Å². The van der Waals surface area contributed by atoms with Crippen molar-refractivity contribution in [1.29, 1.82) is 0 Å². The Balaban J connectivity index is 1.85. The molecule has 1 atom stereocenters. The molecule has 104 valence electrons. The van der Waals surface area contributed by atoms with E-state index in [1.807, 2.05) is 0 Å². The van der Waals surface area contributed by atoms with Gasteiger partial charge in [0.1, 0.15) is 9.84 Å². The highest BCUT2D eigenvalue weighted by Gasteiger charge is 2.58. The van der Waals surface area contributed by atoms with E-state index in [4.69, 9.17) is 0 Å². The van der Waals surface area contributed by atoms with Gasteiger partial charge >= 0.3 is 0 Å². The molecule has 1 spiro atoms. The number of carbonyl (C=O) groups excluding carboxylic acids is 1. The van der Waals surface area contributed by atoms with E-state index in [9.17, 15) is 13.2 Å². The number of rotatable bonds is 4. The quantitative estimate of drug-likeness (QED) is 0.776. The summed E-state index contributed by atoms with van der Waals surface area (Å²) in [7, 11) is -1.29. The van der Waals surface area contributed by atoms with Crippen LogP contribution in [0.25, 0.3) is 0 Å². The van der Waals surface area contributed by atoms with Crippen LogP contribution < -0.4 is 5.32 Å². The normalized spacial score (nSPS) is 26.0. The Labute approximate surface area is 109 Å². The number of hydrogen-bond acceptors (Lipinski definition) is 4. The van der Waals surface area contributed by atoms with E-state index in [1.54, 1.807) is 11.9 Å². The van der Waals surface area contributed by atoms with Crippen LogP contribution in [-0.2, 0) is 14.6 Å². The van der Waals surface area contributed by atoms with E-state index in [2.05, 4.69) is 5.32 Å². The summed E-state index contributed by atoms with van der Waals surface area (Å²) in [6.45, 7) is 2.30.